The van der Waals surface area contributed by atoms with Crippen molar-refractivity contribution in [3.05, 3.63) is 71.6 Å². The number of nitrogens with zero attached hydrogens (tertiary/aromatic N) is 4. The zero-order valence-corrected chi connectivity index (χ0v) is 18.7. The van der Waals surface area contributed by atoms with E-state index in [0.717, 1.165) is 43.9 Å². The Kier molecular flexibility index (Phi) is 7.64. The smallest absolute Gasteiger partial charge is 0.247 e. The van der Waals surface area contributed by atoms with Crippen molar-refractivity contribution in [2.24, 2.45) is 0 Å². The van der Waals surface area contributed by atoms with Gasteiger partial charge >= 0.3 is 0 Å². The maximum absolute atomic E-state index is 12.3. The largest absolute Gasteiger partial charge is 0.421 e. The minimum atomic E-state index is 0.0391. The highest BCUT2D eigenvalue weighted by Gasteiger charge is 2.14. The molecule has 168 valence electrons. The normalized spacial score (nSPS) is 15.0. The summed E-state index contributed by atoms with van der Waals surface area (Å²) >= 11 is 0. The average molecular weight is 434 g/mol. The molecular weight excluding hydrogens is 402 g/mol. The van der Waals surface area contributed by atoms with Gasteiger partial charge < -0.3 is 14.6 Å². The van der Waals surface area contributed by atoms with E-state index in [4.69, 9.17) is 4.42 Å². The summed E-state index contributed by atoms with van der Waals surface area (Å²) in [5, 5.41) is 11.2. The second kappa shape index (κ2) is 11.0. The van der Waals surface area contributed by atoms with Gasteiger partial charge in [-0.05, 0) is 36.7 Å². The number of rotatable bonds is 9. The lowest BCUT2D eigenvalue weighted by molar-refractivity contribution is -0.121. The average Bonchev–Trinajstić information content (AvgIpc) is 3.29. The zero-order chi connectivity index (χ0) is 22.2. The topological polar surface area (TPSA) is 74.5 Å². The molecule has 1 saturated heterocycles. The van der Waals surface area contributed by atoms with Gasteiger partial charge in [0.25, 0.3) is 0 Å². The first-order chi connectivity index (χ1) is 15.7. The van der Waals surface area contributed by atoms with Gasteiger partial charge in [-0.1, -0.05) is 42.5 Å². The van der Waals surface area contributed by atoms with E-state index in [1.807, 2.05) is 30.3 Å². The second-order valence-corrected chi connectivity index (χ2v) is 8.40. The molecule has 7 nitrogen and oxygen atoms in total. The number of amides is 1. The van der Waals surface area contributed by atoms with Crippen LogP contribution in [0.2, 0.25) is 0 Å². The molecule has 0 saturated carbocycles. The van der Waals surface area contributed by atoms with Gasteiger partial charge in [-0.3, -0.25) is 9.69 Å². The number of carbonyl (C=O) groups is 1. The fourth-order valence-electron chi connectivity index (χ4n) is 3.84. The van der Waals surface area contributed by atoms with E-state index in [-0.39, 0.29) is 5.91 Å². The van der Waals surface area contributed by atoms with Gasteiger partial charge in [0.2, 0.25) is 17.7 Å². The number of hydrogen-bond donors (Lipinski definition) is 1. The van der Waals surface area contributed by atoms with Crippen molar-refractivity contribution >= 4 is 5.91 Å². The van der Waals surface area contributed by atoms with Gasteiger partial charge in [-0.2, -0.15) is 0 Å². The molecule has 2 aromatic carbocycles. The van der Waals surface area contributed by atoms with Crippen LogP contribution >= 0.6 is 0 Å². The van der Waals surface area contributed by atoms with Gasteiger partial charge in [-0.25, -0.2) is 0 Å². The van der Waals surface area contributed by atoms with Crippen LogP contribution in [0.5, 0.6) is 0 Å². The minimum Gasteiger partial charge on any atom is -0.421 e. The molecule has 3 aromatic rings. The lowest BCUT2D eigenvalue weighted by Crippen LogP contribution is -2.43. The molecule has 0 bridgehead atoms. The first-order valence-electron chi connectivity index (χ1n) is 11.3. The molecule has 0 atom stereocenters. The van der Waals surface area contributed by atoms with E-state index in [2.05, 4.69) is 56.6 Å². The summed E-state index contributed by atoms with van der Waals surface area (Å²) in [7, 11) is 2.17. The Morgan fingerprint density at radius 1 is 1.00 bits per heavy atom. The molecule has 1 aliphatic rings. The van der Waals surface area contributed by atoms with Crippen molar-refractivity contribution in [1.29, 1.82) is 0 Å². The zero-order valence-electron chi connectivity index (χ0n) is 18.7. The molecule has 0 spiro atoms. The number of piperazine rings is 1. The van der Waals surface area contributed by atoms with Crippen molar-refractivity contribution in [1.82, 2.24) is 25.3 Å². The molecule has 2 heterocycles. The molecule has 1 amide bonds. The van der Waals surface area contributed by atoms with Crippen molar-refractivity contribution in [3.8, 4) is 11.5 Å². The Labute approximate surface area is 189 Å². The molecular formula is C25H31N5O2. The van der Waals surface area contributed by atoms with Crippen molar-refractivity contribution in [2.45, 2.75) is 32.4 Å². The number of aryl methyl sites for hydroxylation is 1. The summed E-state index contributed by atoms with van der Waals surface area (Å²) in [6.45, 7) is 5.95. The van der Waals surface area contributed by atoms with E-state index in [1.54, 1.807) is 0 Å². The van der Waals surface area contributed by atoms with Crippen molar-refractivity contribution in [3.63, 3.8) is 0 Å². The number of nitrogens with one attached hydrogen (secondary N) is 1. The number of aromatic nitrogens is 2. The Hall–Kier alpha value is -3.03. The molecule has 4 rings (SSSR count). The van der Waals surface area contributed by atoms with Crippen LogP contribution < -0.4 is 5.32 Å². The summed E-state index contributed by atoms with van der Waals surface area (Å²) in [5.74, 6) is 1.12. The quantitative estimate of drug-likeness (QED) is 0.559. The standard InChI is InChI=1S/C25H31N5O2/c1-29-13-15-30(16-14-29)19-21-8-5-7-20(17-21)18-26-23(31)11-6-12-24-27-28-25(32-24)22-9-3-2-4-10-22/h2-5,7-10,17H,6,11-16,18-19H2,1H3,(H,26,31). The molecule has 0 aliphatic carbocycles. The monoisotopic (exact) mass is 433 g/mol. The van der Waals surface area contributed by atoms with Crippen LogP contribution in [0.1, 0.15) is 29.9 Å². The molecule has 1 aromatic heterocycles. The second-order valence-electron chi connectivity index (χ2n) is 8.40. The maximum atomic E-state index is 12.3. The van der Waals surface area contributed by atoms with Crippen LogP contribution in [0.3, 0.4) is 0 Å². The van der Waals surface area contributed by atoms with Gasteiger partial charge in [-0.15, -0.1) is 10.2 Å². The van der Waals surface area contributed by atoms with E-state index in [1.165, 1.54) is 5.56 Å². The molecule has 1 fully saturated rings. The number of carbonyl (C=O) groups excluding carboxylic acids is 1. The summed E-state index contributed by atoms with van der Waals surface area (Å²) in [5.41, 5.74) is 3.33. The summed E-state index contributed by atoms with van der Waals surface area (Å²) < 4.78 is 5.70. The van der Waals surface area contributed by atoms with Gasteiger partial charge in [0, 0.05) is 57.7 Å². The van der Waals surface area contributed by atoms with E-state index < -0.39 is 0 Å². The van der Waals surface area contributed by atoms with Crippen LogP contribution in [0.25, 0.3) is 11.5 Å². The number of likely N-dealkylation sites (N-methyl/N-ethyl adjacent to an activating group) is 1. The molecule has 0 radical (unpaired) electrons. The highest BCUT2D eigenvalue weighted by atomic mass is 16.4. The third kappa shape index (κ3) is 6.48. The fourth-order valence-corrected chi connectivity index (χ4v) is 3.84. The van der Waals surface area contributed by atoms with Crippen LogP contribution in [-0.4, -0.2) is 59.1 Å². The SMILES string of the molecule is CN1CCN(Cc2cccc(CNC(=O)CCCc3nnc(-c4ccccc4)o3)c2)CC1. The van der Waals surface area contributed by atoms with Gasteiger partial charge in [0.15, 0.2) is 0 Å². The number of hydrogen-bond acceptors (Lipinski definition) is 6. The molecule has 32 heavy (non-hydrogen) atoms. The fraction of sp³-hybridized carbons (Fsp3) is 0.400. The predicted molar refractivity (Wildman–Crippen MR) is 124 cm³/mol. The Morgan fingerprint density at radius 3 is 2.59 bits per heavy atom. The Morgan fingerprint density at radius 2 is 1.78 bits per heavy atom. The first-order valence-corrected chi connectivity index (χ1v) is 11.3. The maximum Gasteiger partial charge on any atom is 0.247 e. The first kappa shape index (κ1) is 22.2. The molecule has 0 unspecified atom stereocenters. The molecule has 1 aliphatic heterocycles. The predicted octanol–water partition coefficient (Wildman–Crippen LogP) is 3.12. The van der Waals surface area contributed by atoms with Crippen molar-refractivity contribution in [2.75, 3.05) is 33.2 Å². The lowest BCUT2D eigenvalue weighted by atomic mass is 10.1. The van der Waals surface area contributed by atoms with E-state index in [0.29, 0.717) is 37.6 Å². The van der Waals surface area contributed by atoms with Gasteiger partial charge in [0.05, 0.1) is 0 Å². The number of benzene rings is 2. The summed E-state index contributed by atoms with van der Waals surface area (Å²) in [6.07, 6.45) is 1.70. The van der Waals surface area contributed by atoms with Crippen LogP contribution in [0, 0.1) is 0 Å². The third-order valence-electron chi connectivity index (χ3n) is 5.77. The van der Waals surface area contributed by atoms with E-state index >= 15 is 0 Å². The van der Waals surface area contributed by atoms with Crippen LogP contribution in [0.15, 0.2) is 59.0 Å². The minimum absolute atomic E-state index is 0.0391. The third-order valence-corrected chi connectivity index (χ3v) is 5.77. The lowest BCUT2D eigenvalue weighted by Gasteiger charge is -2.32. The highest BCUT2D eigenvalue weighted by molar-refractivity contribution is 5.75. The summed E-state index contributed by atoms with van der Waals surface area (Å²) in [6, 6.07) is 18.2. The Bertz CT molecular complexity index is 996. The van der Waals surface area contributed by atoms with E-state index in [9.17, 15) is 4.79 Å². The molecule has 1 N–H and O–H groups in total. The molecule has 7 heteroatoms. The van der Waals surface area contributed by atoms with Crippen molar-refractivity contribution < 1.29 is 9.21 Å². The Balaban J connectivity index is 1.18. The van der Waals surface area contributed by atoms with Crippen LogP contribution in [-0.2, 0) is 24.3 Å². The highest BCUT2D eigenvalue weighted by Crippen LogP contribution is 2.17. The van der Waals surface area contributed by atoms with Gasteiger partial charge in [0.1, 0.15) is 0 Å². The summed E-state index contributed by atoms with van der Waals surface area (Å²) in [4.78, 5) is 17.1. The van der Waals surface area contributed by atoms with Crippen LogP contribution in [0.4, 0.5) is 0 Å².